The Morgan fingerprint density at radius 3 is 2.00 bits per heavy atom. The molecule has 5 heteroatoms. The van der Waals surface area contributed by atoms with Crippen LogP contribution < -0.4 is 0 Å². The number of benzene rings is 3. The topological polar surface area (TPSA) is 63.3 Å². The second kappa shape index (κ2) is 17.7. The van der Waals surface area contributed by atoms with Crippen LogP contribution in [-0.4, -0.2) is 15.9 Å². The zero-order valence-electron chi connectivity index (χ0n) is 34.5. The number of allylic oxidation sites excluding steroid dienone is 2. The van der Waals surface area contributed by atoms with Crippen molar-refractivity contribution in [3.8, 4) is 22.4 Å². The van der Waals surface area contributed by atoms with Crippen LogP contribution in [0.1, 0.15) is 124 Å². The summed E-state index contributed by atoms with van der Waals surface area (Å²) in [6.45, 7) is 27.5. The molecule has 0 bridgehead atoms. The van der Waals surface area contributed by atoms with Crippen LogP contribution in [0.2, 0.25) is 0 Å². The third-order valence-corrected chi connectivity index (χ3v) is 11.5. The van der Waals surface area contributed by atoms with Crippen LogP contribution in [0.3, 0.4) is 0 Å². The summed E-state index contributed by atoms with van der Waals surface area (Å²) in [4.78, 5) is 17.2. The number of hydrogen-bond acceptors (Lipinski definition) is 4. The van der Waals surface area contributed by atoms with Crippen LogP contribution in [0.5, 0.6) is 0 Å². The summed E-state index contributed by atoms with van der Waals surface area (Å²) in [5.74, 6) is 1.84. The van der Waals surface area contributed by atoms with Crippen LogP contribution in [0.15, 0.2) is 76.9 Å². The number of carbonyl (C=O) groups is 1. The van der Waals surface area contributed by atoms with E-state index in [-0.39, 0.29) is 47.9 Å². The van der Waals surface area contributed by atoms with Gasteiger partial charge in [-0.05, 0) is 74.0 Å². The van der Waals surface area contributed by atoms with E-state index in [4.69, 9.17) is 9.40 Å². The van der Waals surface area contributed by atoms with Gasteiger partial charge in [-0.15, -0.1) is 29.1 Å². The van der Waals surface area contributed by atoms with Crippen LogP contribution in [0.25, 0.3) is 44.3 Å². The Morgan fingerprint density at radius 1 is 0.868 bits per heavy atom. The molecule has 0 saturated heterocycles. The number of rotatable bonds is 11. The second-order valence-corrected chi connectivity index (χ2v) is 16.6. The van der Waals surface area contributed by atoms with Crippen molar-refractivity contribution in [3.05, 3.63) is 101 Å². The number of nitrogens with zero attached hydrogens (tertiary/aromatic N) is 1. The van der Waals surface area contributed by atoms with E-state index >= 15 is 0 Å². The van der Waals surface area contributed by atoms with E-state index in [0.29, 0.717) is 11.6 Å². The Labute approximate surface area is 333 Å². The summed E-state index contributed by atoms with van der Waals surface area (Å²) in [5, 5.41) is 13.6. The van der Waals surface area contributed by atoms with E-state index < -0.39 is 0 Å². The molecule has 0 aliphatic heterocycles. The van der Waals surface area contributed by atoms with Gasteiger partial charge in [-0.3, -0.25) is 9.78 Å². The summed E-state index contributed by atoms with van der Waals surface area (Å²) in [6.07, 6.45) is 5.84. The van der Waals surface area contributed by atoms with Gasteiger partial charge < -0.3 is 9.52 Å². The largest absolute Gasteiger partial charge is 0.512 e. The monoisotopic (exact) mass is 893 g/mol. The molecule has 53 heavy (non-hydrogen) atoms. The Bertz CT molecular complexity index is 2030. The van der Waals surface area contributed by atoms with Gasteiger partial charge in [0.15, 0.2) is 5.78 Å². The summed E-state index contributed by atoms with van der Waals surface area (Å²) in [5.41, 5.74) is 8.15. The van der Waals surface area contributed by atoms with E-state index in [9.17, 15) is 9.90 Å². The van der Waals surface area contributed by atoms with Crippen molar-refractivity contribution in [2.45, 2.75) is 128 Å². The minimum Gasteiger partial charge on any atom is -0.512 e. The molecule has 5 aromatic rings. The molecule has 1 radical (unpaired) electrons. The number of aliphatic hydroxyl groups is 1. The smallest absolute Gasteiger partial charge is 0.220 e. The molecule has 0 fully saturated rings. The summed E-state index contributed by atoms with van der Waals surface area (Å²) < 4.78 is 6.16. The molecule has 2 heterocycles. The predicted octanol–water partition coefficient (Wildman–Crippen LogP) is 13.9. The first-order valence-corrected chi connectivity index (χ1v) is 19.3. The van der Waals surface area contributed by atoms with Crippen LogP contribution >= 0.6 is 0 Å². The number of ketones is 1. The molecule has 2 aromatic heterocycles. The first-order valence-electron chi connectivity index (χ1n) is 19.3. The third-order valence-electron chi connectivity index (χ3n) is 11.5. The molecule has 4 nitrogen and oxygen atoms in total. The van der Waals surface area contributed by atoms with Gasteiger partial charge in [-0.2, -0.15) is 0 Å². The van der Waals surface area contributed by atoms with Crippen molar-refractivity contribution in [2.24, 2.45) is 16.7 Å². The number of aromatic nitrogens is 1. The minimum absolute atomic E-state index is 0. The fraction of sp³-hybridized carbons (Fsp3) is 0.458. The molecule has 0 aliphatic rings. The molecular formula is C48H62IrNO3-. The quantitative estimate of drug-likeness (QED) is 0.0815. The van der Waals surface area contributed by atoms with E-state index in [2.05, 4.69) is 108 Å². The molecule has 0 amide bonds. The summed E-state index contributed by atoms with van der Waals surface area (Å²) in [7, 11) is 0. The van der Waals surface area contributed by atoms with Crippen LogP contribution in [0, 0.1) is 36.7 Å². The van der Waals surface area contributed by atoms with Crippen molar-refractivity contribution in [3.63, 3.8) is 0 Å². The van der Waals surface area contributed by atoms with Gasteiger partial charge in [0.2, 0.25) is 5.71 Å². The van der Waals surface area contributed by atoms with Gasteiger partial charge in [0, 0.05) is 53.7 Å². The molecule has 5 rings (SSSR count). The maximum absolute atomic E-state index is 12.2. The van der Waals surface area contributed by atoms with Gasteiger partial charge in [-0.1, -0.05) is 136 Å². The first kappa shape index (κ1) is 43.9. The van der Waals surface area contributed by atoms with Crippen molar-refractivity contribution in [1.29, 1.82) is 0 Å². The molecule has 1 N–H and O–H groups in total. The maximum Gasteiger partial charge on any atom is 0.220 e. The Kier molecular flexibility index (Phi) is 14.7. The number of fused-ring (bicyclic) bond motifs is 2. The molecular weight excluding hydrogens is 831 g/mol. The fourth-order valence-corrected chi connectivity index (χ4v) is 6.69. The number of pyridine rings is 1. The second-order valence-electron chi connectivity index (χ2n) is 16.6. The van der Waals surface area contributed by atoms with Crippen LogP contribution in [-0.2, 0) is 36.7 Å². The number of furan rings is 1. The summed E-state index contributed by atoms with van der Waals surface area (Å²) >= 11 is 0. The Balaban J connectivity index is 0.000000359. The molecule has 287 valence electrons. The maximum atomic E-state index is 12.2. The first-order chi connectivity index (χ1) is 24.4. The predicted molar refractivity (Wildman–Crippen MR) is 221 cm³/mol. The fourth-order valence-electron chi connectivity index (χ4n) is 6.69. The average Bonchev–Trinajstić information content (AvgIpc) is 3.42. The standard InChI is InChI=1S/C33H34NO.C15H28O2.Ir/c1-20(2)16-23-12-14-24(15-13-23)28-19-30(34-32-31(28)21(3)22(4)35-32)26-17-25-10-8-9-11-27(25)29(18-26)33(5,6)7;1-7-14(5,8-2)12(16)11-13(17)15(6,9-3)10-4;/h8-15,18-20H,16H2,1-7H3;11,16H,7-10H2,1-6H3;/q-1;;/b;12-11-;. The van der Waals surface area contributed by atoms with Gasteiger partial charge >= 0.3 is 0 Å². The number of aryl methyl sites for hydroxylation is 2. The summed E-state index contributed by atoms with van der Waals surface area (Å²) in [6, 6.07) is 25.6. The van der Waals surface area contributed by atoms with E-state index in [1.807, 2.05) is 48.5 Å². The van der Waals surface area contributed by atoms with Crippen molar-refractivity contribution in [1.82, 2.24) is 4.98 Å². The number of carbonyl (C=O) groups excluding carboxylic acids is 1. The zero-order chi connectivity index (χ0) is 38.6. The van der Waals surface area contributed by atoms with Crippen molar-refractivity contribution < 1.29 is 34.4 Å². The van der Waals surface area contributed by atoms with E-state index in [1.165, 1.54) is 28.2 Å². The van der Waals surface area contributed by atoms with Gasteiger partial charge in [0.25, 0.3) is 0 Å². The molecule has 3 aromatic carbocycles. The van der Waals surface area contributed by atoms with Crippen molar-refractivity contribution in [2.75, 3.05) is 0 Å². The SMILES string of the molecule is CCC(C)(CC)C(=O)/C=C(\O)C(C)(CC)CC.Cc1oc2nc(-c3[c-]c4ccccc4c(C(C)(C)C)c3)cc(-c3ccc(CC(C)C)cc3)c2c1C.[Ir]. The Morgan fingerprint density at radius 2 is 1.45 bits per heavy atom. The molecule has 0 atom stereocenters. The van der Waals surface area contributed by atoms with Gasteiger partial charge in [-0.25, -0.2) is 0 Å². The Hall–Kier alpha value is -3.53. The van der Waals surface area contributed by atoms with E-state index in [0.717, 1.165) is 71.0 Å². The molecule has 0 aliphatic carbocycles. The molecule has 0 spiro atoms. The normalized spacial score (nSPS) is 12.5. The van der Waals surface area contributed by atoms with E-state index in [1.54, 1.807) is 0 Å². The number of hydrogen-bond donors (Lipinski definition) is 1. The van der Waals surface area contributed by atoms with Crippen molar-refractivity contribution >= 4 is 27.7 Å². The third kappa shape index (κ3) is 9.78. The average molecular weight is 893 g/mol. The molecule has 0 saturated carbocycles. The minimum atomic E-state index is -0.337. The van der Waals surface area contributed by atoms with Crippen LogP contribution in [0.4, 0.5) is 0 Å². The van der Waals surface area contributed by atoms with Gasteiger partial charge in [0.1, 0.15) is 11.5 Å². The molecule has 0 unspecified atom stereocenters. The number of aliphatic hydroxyl groups excluding tert-OH is 1. The van der Waals surface area contributed by atoms with Gasteiger partial charge in [0.05, 0.1) is 0 Å². The zero-order valence-corrected chi connectivity index (χ0v) is 36.9.